The number of rotatable bonds is 10. The number of hydrogen-bond donors (Lipinski definition) is 3. The van der Waals surface area contributed by atoms with Crippen molar-refractivity contribution in [1.82, 2.24) is 4.90 Å². The molecule has 0 heterocycles. The van der Waals surface area contributed by atoms with Crippen molar-refractivity contribution in [2.45, 2.75) is 52.1 Å². The molecular weight excluding hydrogens is 496 g/mol. The highest BCUT2D eigenvalue weighted by atomic mass is 16.5. The van der Waals surface area contributed by atoms with Gasteiger partial charge in [0.2, 0.25) is 0 Å². The Morgan fingerprint density at radius 1 is 0.897 bits per heavy atom. The van der Waals surface area contributed by atoms with Crippen LogP contribution in [0.1, 0.15) is 50.5 Å². The zero-order valence-electron chi connectivity index (χ0n) is 23.0. The van der Waals surface area contributed by atoms with E-state index >= 15 is 0 Å². The van der Waals surface area contributed by atoms with Crippen LogP contribution in [-0.2, 0) is 11.2 Å². The summed E-state index contributed by atoms with van der Waals surface area (Å²) in [6.45, 7) is 7.30. The predicted octanol–water partition coefficient (Wildman–Crippen LogP) is 5.65. The fourth-order valence-corrected chi connectivity index (χ4v) is 4.53. The molecule has 0 saturated heterocycles. The largest absolute Gasteiger partial charge is 0.492 e. The number of aliphatic hydroxyl groups is 1. The molecule has 0 spiro atoms. The first-order valence-corrected chi connectivity index (χ1v) is 12.7. The minimum Gasteiger partial charge on any atom is -0.492 e. The van der Waals surface area contributed by atoms with Gasteiger partial charge in [0.15, 0.2) is 5.78 Å². The van der Waals surface area contributed by atoms with Crippen LogP contribution in [0.4, 0.5) is 10.5 Å². The number of amides is 2. The molecule has 2 amide bonds. The Labute approximate surface area is 229 Å². The number of hydrogen-bond acceptors (Lipinski definition) is 5. The van der Waals surface area contributed by atoms with Gasteiger partial charge in [-0.1, -0.05) is 54.6 Å². The molecule has 3 aromatic rings. The van der Waals surface area contributed by atoms with Gasteiger partial charge in [-0.2, -0.15) is 0 Å². The standard InChI is InChI=1S/C31H36N2O6/c1-21(35)26-19-25(32-28(36)31(5,20-34)33(29(37)38)30(2,3)4)15-16-27(26)39-18-17-22-11-13-24(14-12-22)23-9-7-6-8-10-23/h6-16,19,34H,17-18,20H2,1-5H3,(H,32,36)(H,37,38)/t31-/m0/s1. The van der Waals surface area contributed by atoms with E-state index in [1.807, 2.05) is 30.3 Å². The van der Waals surface area contributed by atoms with E-state index in [-0.39, 0.29) is 17.0 Å². The SMILES string of the molecule is CC(=O)c1cc(NC(=O)[C@](C)(CO)N(C(=O)O)C(C)(C)C)ccc1OCCc1ccc(-c2ccccc2)cc1. The summed E-state index contributed by atoms with van der Waals surface area (Å²) < 4.78 is 5.92. The van der Waals surface area contributed by atoms with Gasteiger partial charge in [-0.15, -0.1) is 0 Å². The molecule has 0 saturated carbocycles. The maximum atomic E-state index is 13.2. The van der Waals surface area contributed by atoms with Gasteiger partial charge >= 0.3 is 6.09 Å². The maximum Gasteiger partial charge on any atom is 0.408 e. The Hall–Kier alpha value is -4.17. The molecule has 8 heteroatoms. The van der Waals surface area contributed by atoms with Crippen LogP contribution in [0.3, 0.4) is 0 Å². The summed E-state index contributed by atoms with van der Waals surface area (Å²) in [6.07, 6.45) is -0.700. The smallest absolute Gasteiger partial charge is 0.408 e. The van der Waals surface area contributed by atoms with Crippen LogP contribution in [0.15, 0.2) is 72.8 Å². The van der Waals surface area contributed by atoms with Crippen molar-refractivity contribution in [2.75, 3.05) is 18.5 Å². The summed E-state index contributed by atoms with van der Waals surface area (Å²) in [5.41, 5.74) is 1.22. The Balaban J connectivity index is 1.71. The number of nitrogens with zero attached hydrogens (tertiary/aromatic N) is 1. The molecule has 206 valence electrons. The topological polar surface area (TPSA) is 116 Å². The summed E-state index contributed by atoms with van der Waals surface area (Å²) in [6, 6.07) is 23.0. The van der Waals surface area contributed by atoms with Gasteiger partial charge in [0.1, 0.15) is 11.3 Å². The van der Waals surface area contributed by atoms with E-state index in [9.17, 15) is 24.6 Å². The van der Waals surface area contributed by atoms with Gasteiger partial charge in [-0.25, -0.2) is 4.79 Å². The van der Waals surface area contributed by atoms with Gasteiger partial charge in [0, 0.05) is 17.6 Å². The van der Waals surface area contributed by atoms with Gasteiger partial charge in [-0.3, -0.25) is 14.5 Å². The third-order valence-electron chi connectivity index (χ3n) is 6.48. The lowest BCUT2D eigenvalue weighted by atomic mass is 9.92. The normalized spacial score (nSPS) is 12.8. The van der Waals surface area contributed by atoms with Crippen molar-refractivity contribution < 1.29 is 29.3 Å². The van der Waals surface area contributed by atoms with E-state index in [0.29, 0.717) is 18.8 Å². The van der Waals surface area contributed by atoms with Crippen molar-refractivity contribution in [1.29, 1.82) is 0 Å². The maximum absolute atomic E-state index is 13.2. The summed E-state index contributed by atoms with van der Waals surface area (Å²) in [7, 11) is 0. The zero-order valence-corrected chi connectivity index (χ0v) is 23.0. The van der Waals surface area contributed by atoms with E-state index in [2.05, 4.69) is 29.6 Å². The highest BCUT2D eigenvalue weighted by molar-refractivity contribution is 6.02. The third-order valence-corrected chi connectivity index (χ3v) is 6.48. The highest BCUT2D eigenvalue weighted by Crippen LogP contribution is 2.29. The molecule has 0 aromatic heterocycles. The average Bonchev–Trinajstić information content (AvgIpc) is 2.89. The van der Waals surface area contributed by atoms with Gasteiger partial charge in [-0.05, 0) is 69.5 Å². The number of carbonyl (C=O) groups is 3. The molecule has 39 heavy (non-hydrogen) atoms. The minimum absolute atomic E-state index is 0.250. The number of ether oxygens (including phenoxy) is 1. The van der Waals surface area contributed by atoms with Crippen molar-refractivity contribution in [3.05, 3.63) is 83.9 Å². The number of Topliss-reactive ketones (excluding diaryl/α,β-unsaturated/α-hetero) is 1. The van der Waals surface area contributed by atoms with Gasteiger partial charge in [0.05, 0.1) is 18.8 Å². The lowest BCUT2D eigenvalue weighted by Gasteiger charge is -2.44. The van der Waals surface area contributed by atoms with Gasteiger partial charge in [0.25, 0.3) is 5.91 Å². The second-order valence-electron chi connectivity index (χ2n) is 10.6. The summed E-state index contributed by atoms with van der Waals surface area (Å²) >= 11 is 0. The number of carbonyl (C=O) groups excluding carboxylic acids is 2. The van der Waals surface area contributed by atoms with Crippen molar-refractivity contribution >= 4 is 23.5 Å². The van der Waals surface area contributed by atoms with E-state index in [4.69, 9.17) is 4.74 Å². The van der Waals surface area contributed by atoms with Crippen molar-refractivity contribution in [2.24, 2.45) is 0 Å². The number of carboxylic acid groups (broad SMARTS) is 1. The lowest BCUT2D eigenvalue weighted by Crippen LogP contribution is -2.65. The fourth-order valence-electron chi connectivity index (χ4n) is 4.53. The summed E-state index contributed by atoms with van der Waals surface area (Å²) in [4.78, 5) is 38.4. The first-order valence-electron chi connectivity index (χ1n) is 12.7. The van der Waals surface area contributed by atoms with Crippen LogP contribution in [0.2, 0.25) is 0 Å². The second-order valence-corrected chi connectivity index (χ2v) is 10.6. The first-order chi connectivity index (χ1) is 18.4. The molecule has 0 aliphatic carbocycles. The molecule has 0 unspecified atom stereocenters. The summed E-state index contributed by atoms with van der Waals surface area (Å²) in [5.74, 6) is -0.585. The second kappa shape index (κ2) is 12.1. The van der Waals surface area contributed by atoms with Crippen LogP contribution in [0, 0.1) is 0 Å². The Morgan fingerprint density at radius 2 is 1.51 bits per heavy atom. The molecule has 3 N–H and O–H groups in total. The molecule has 0 fully saturated rings. The van der Waals surface area contributed by atoms with Crippen molar-refractivity contribution in [3.63, 3.8) is 0 Å². The van der Waals surface area contributed by atoms with Crippen LogP contribution in [-0.4, -0.2) is 57.2 Å². The number of nitrogens with one attached hydrogen (secondary N) is 1. The Kier molecular flexibility index (Phi) is 9.14. The molecule has 0 bridgehead atoms. The molecule has 0 aliphatic heterocycles. The van der Waals surface area contributed by atoms with Crippen LogP contribution in [0.5, 0.6) is 5.75 Å². The monoisotopic (exact) mass is 532 g/mol. The zero-order chi connectivity index (χ0) is 28.8. The predicted molar refractivity (Wildman–Crippen MR) is 151 cm³/mol. The highest BCUT2D eigenvalue weighted by Gasteiger charge is 2.47. The number of benzene rings is 3. The molecular formula is C31H36N2O6. The van der Waals surface area contributed by atoms with E-state index in [0.717, 1.165) is 21.6 Å². The van der Waals surface area contributed by atoms with Crippen LogP contribution < -0.4 is 10.1 Å². The Bertz CT molecular complexity index is 1320. The molecule has 0 radical (unpaired) electrons. The van der Waals surface area contributed by atoms with Gasteiger partial charge < -0.3 is 20.3 Å². The first kappa shape index (κ1) is 29.4. The Morgan fingerprint density at radius 3 is 2.05 bits per heavy atom. The quantitative estimate of drug-likeness (QED) is 0.291. The fraction of sp³-hybridized carbons (Fsp3) is 0.323. The molecule has 1 atom stereocenters. The minimum atomic E-state index is -1.76. The van der Waals surface area contributed by atoms with E-state index < -0.39 is 29.7 Å². The average molecular weight is 533 g/mol. The van der Waals surface area contributed by atoms with Crippen LogP contribution >= 0.6 is 0 Å². The van der Waals surface area contributed by atoms with E-state index in [1.165, 1.54) is 19.9 Å². The molecule has 0 aliphatic rings. The lowest BCUT2D eigenvalue weighted by molar-refractivity contribution is -0.132. The van der Waals surface area contributed by atoms with Crippen molar-refractivity contribution in [3.8, 4) is 16.9 Å². The van der Waals surface area contributed by atoms with E-state index in [1.54, 1.807) is 32.9 Å². The number of ketones is 1. The number of aliphatic hydroxyl groups excluding tert-OH is 1. The molecule has 3 rings (SSSR count). The molecule has 3 aromatic carbocycles. The van der Waals surface area contributed by atoms with Crippen LogP contribution in [0.25, 0.3) is 11.1 Å². The molecule has 8 nitrogen and oxygen atoms in total. The third kappa shape index (κ3) is 7.03. The number of anilines is 1. The summed E-state index contributed by atoms with van der Waals surface area (Å²) in [5, 5.41) is 22.4.